The average Bonchev–Trinajstić information content (AvgIpc) is 3.00. The summed E-state index contributed by atoms with van der Waals surface area (Å²) in [6.07, 6.45) is 3.01. The normalized spacial score (nSPS) is 13.0. The number of rotatable bonds is 12. The average molecular weight is 557 g/mol. The van der Waals surface area contributed by atoms with Gasteiger partial charge in [-0.15, -0.1) is 0 Å². The monoisotopic (exact) mass is 556 g/mol. The number of anilines is 1. The lowest BCUT2D eigenvalue weighted by Crippen LogP contribution is -2.31. The Labute approximate surface area is 240 Å². The highest BCUT2D eigenvalue weighted by Gasteiger charge is 2.20. The van der Waals surface area contributed by atoms with Gasteiger partial charge in [-0.05, 0) is 92.4 Å². The number of fused-ring (bicyclic) bond motifs is 2. The second kappa shape index (κ2) is 13.3. The second-order valence-electron chi connectivity index (χ2n) is 9.84. The van der Waals surface area contributed by atoms with Crippen molar-refractivity contribution in [3.63, 3.8) is 0 Å². The van der Waals surface area contributed by atoms with E-state index in [9.17, 15) is 4.79 Å². The summed E-state index contributed by atoms with van der Waals surface area (Å²) in [6, 6.07) is 18.9. The number of para-hydroxylation sites is 2. The number of carbonyl (C=O) groups excluding carboxylic acids is 1. The van der Waals surface area contributed by atoms with Crippen molar-refractivity contribution in [3.8, 4) is 23.1 Å². The first-order chi connectivity index (χ1) is 20.1. The zero-order valence-electron chi connectivity index (χ0n) is 23.8. The molecule has 9 nitrogen and oxygen atoms in total. The van der Waals surface area contributed by atoms with Gasteiger partial charge in [0.05, 0.1) is 38.5 Å². The van der Waals surface area contributed by atoms with Crippen LogP contribution < -0.4 is 24.3 Å². The van der Waals surface area contributed by atoms with Gasteiger partial charge in [-0.3, -0.25) is 9.69 Å². The predicted octanol–water partition coefficient (Wildman–Crippen LogP) is 5.52. The lowest BCUT2D eigenvalue weighted by molar-refractivity contribution is 0.101. The van der Waals surface area contributed by atoms with Crippen LogP contribution in [0.4, 0.5) is 5.69 Å². The molecule has 0 spiro atoms. The molecule has 0 atom stereocenters. The Morgan fingerprint density at radius 2 is 1.61 bits per heavy atom. The van der Waals surface area contributed by atoms with E-state index in [1.54, 1.807) is 14.2 Å². The zero-order chi connectivity index (χ0) is 28.6. The van der Waals surface area contributed by atoms with Gasteiger partial charge in [0.15, 0.2) is 17.2 Å². The largest absolute Gasteiger partial charge is 0.494 e. The molecule has 3 aromatic carbocycles. The summed E-state index contributed by atoms with van der Waals surface area (Å²) in [6.45, 7) is 5.83. The summed E-state index contributed by atoms with van der Waals surface area (Å²) in [5, 5.41) is 2.88. The van der Waals surface area contributed by atoms with E-state index in [-0.39, 0.29) is 17.5 Å². The van der Waals surface area contributed by atoms with E-state index in [0.29, 0.717) is 29.9 Å². The van der Waals surface area contributed by atoms with Crippen LogP contribution in [0, 0.1) is 0 Å². The molecule has 41 heavy (non-hydrogen) atoms. The van der Waals surface area contributed by atoms with Crippen LogP contribution in [0.15, 0.2) is 60.7 Å². The Morgan fingerprint density at radius 3 is 2.32 bits per heavy atom. The Hall–Kier alpha value is -4.37. The Kier molecular flexibility index (Phi) is 9.15. The molecule has 2 heterocycles. The van der Waals surface area contributed by atoms with E-state index in [1.165, 1.54) is 11.1 Å². The molecule has 9 heteroatoms. The summed E-state index contributed by atoms with van der Waals surface area (Å²) in [5.41, 5.74) is 4.75. The number of methoxy groups -OCH3 is 2. The van der Waals surface area contributed by atoms with Crippen LogP contribution >= 0.6 is 0 Å². The number of hydrogen-bond acceptors (Lipinski definition) is 8. The molecule has 1 aliphatic rings. The quantitative estimate of drug-likeness (QED) is 0.228. The summed E-state index contributed by atoms with van der Waals surface area (Å²) in [7, 11) is 3.35. The van der Waals surface area contributed by atoms with Gasteiger partial charge in [-0.2, -0.15) is 0 Å². The Balaban J connectivity index is 1.08. The first-order valence-corrected chi connectivity index (χ1v) is 14.0. The number of amides is 1. The van der Waals surface area contributed by atoms with Gasteiger partial charge in [-0.1, -0.05) is 12.1 Å². The van der Waals surface area contributed by atoms with Crippen molar-refractivity contribution in [1.82, 2.24) is 14.9 Å². The van der Waals surface area contributed by atoms with Gasteiger partial charge in [0.1, 0.15) is 5.75 Å². The summed E-state index contributed by atoms with van der Waals surface area (Å²) in [4.78, 5) is 24.4. The fraction of sp³-hybridized carbons (Fsp3) is 0.344. The van der Waals surface area contributed by atoms with Crippen molar-refractivity contribution in [2.24, 2.45) is 0 Å². The van der Waals surface area contributed by atoms with Gasteiger partial charge in [0.25, 0.3) is 5.91 Å². The Morgan fingerprint density at radius 1 is 0.902 bits per heavy atom. The standard InChI is InChI=1S/C32H36N4O5/c1-4-40-32-30(34-26-9-5-6-10-27(26)35-32)31(37)33-24-11-13-25(14-12-24)41-18-8-7-16-36-17-15-22-19-28(38-2)29(39-3)20-23(22)21-36/h5-6,9-14,19-20H,4,7-8,15-18,21H2,1-3H3,(H,33,37). The number of carbonyl (C=O) groups is 1. The molecule has 1 aromatic heterocycles. The number of benzene rings is 3. The molecular weight excluding hydrogens is 520 g/mol. The number of unbranched alkanes of at least 4 members (excludes halogenated alkanes) is 1. The fourth-order valence-corrected chi connectivity index (χ4v) is 4.95. The maximum absolute atomic E-state index is 13.0. The first-order valence-electron chi connectivity index (χ1n) is 14.0. The smallest absolute Gasteiger partial charge is 0.279 e. The van der Waals surface area contributed by atoms with E-state index < -0.39 is 0 Å². The van der Waals surface area contributed by atoms with Crippen LogP contribution in [0.1, 0.15) is 41.4 Å². The molecule has 0 fully saturated rings. The van der Waals surface area contributed by atoms with E-state index >= 15 is 0 Å². The lowest BCUT2D eigenvalue weighted by Gasteiger charge is -2.29. The highest BCUT2D eigenvalue weighted by atomic mass is 16.5. The molecule has 214 valence electrons. The van der Waals surface area contributed by atoms with Gasteiger partial charge in [0.2, 0.25) is 5.88 Å². The Bertz CT molecular complexity index is 1490. The van der Waals surface area contributed by atoms with E-state index in [2.05, 4.69) is 32.3 Å². The summed E-state index contributed by atoms with van der Waals surface area (Å²) in [5.74, 6) is 2.18. The van der Waals surface area contributed by atoms with Crippen molar-refractivity contribution in [2.75, 3.05) is 45.8 Å². The van der Waals surface area contributed by atoms with Crippen LogP contribution in [0.3, 0.4) is 0 Å². The van der Waals surface area contributed by atoms with Gasteiger partial charge in [0, 0.05) is 18.8 Å². The van der Waals surface area contributed by atoms with E-state index in [4.69, 9.17) is 18.9 Å². The molecule has 1 amide bonds. The van der Waals surface area contributed by atoms with Crippen molar-refractivity contribution in [3.05, 3.63) is 77.5 Å². The lowest BCUT2D eigenvalue weighted by atomic mass is 9.98. The topological polar surface area (TPSA) is 95.0 Å². The first kappa shape index (κ1) is 28.2. The van der Waals surface area contributed by atoms with Crippen molar-refractivity contribution in [1.29, 1.82) is 0 Å². The van der Waals surface area contributed by atoms with Crippen LogP contribution in [0.5, 0.6) is 23.1 Å². The molecule has 0 bridgehead atoms. The van der Waals surface area contributed by atoms with Crippen molar-refractivity contribution < 1.29 is 23.7 Å². The van der Waals surface area contributed by atoms with E-state index in [1.807, 2.05) is 55.5 Å². The fourth-order valence-electron chi connectivity index (χ4n) is 4.95. The second-order valence-corrected chi connectivity index (χ2v) is 9.84. The van der Waals surface area contributed by atoms with Crippen LogP contribution in [-0.4, -0.2) is 61.3 Å². The molecule has 0 aliphatic carbocycles. The minimum atomic E-state index is -0.377. The molecule has 1 N–H and O–H groups in total. The highest BCUT2D eigenvalue weighted by molar-refractivity contribution is 6.05. The van der Waals surface area contributed by atoms with E-state index in [0.717, 1.165) is 56.1 Å². The minimum Gasteiger partial charge on any atom is -0.494 e. The van der Waals surface area contributed by atoms with Gasteiger partial charge >= 0.3 is 0 Å². The van der Waals surface area contributed by atoms with Crippen LogP contribution in [0.2, 0.25) is 0 Å². The molecule has 4 aromatic rings. The minimum absolute atomic E-state index is 0.155. The molecular formula is C32H36N4O5. The maximum atomic E-state index is 13.0. The number of nitrogens with one attached hydrogen (secondary N) is 1. The highest BCUT2D eigenvalue weighted by Crippen LogP contribution is 2.33. The zero-order valence-corrected chi connectivity index (χ0v) is 23.8. The third-order valence-corrected chi connectivity index (χ3v) is 7.08. The SMILES string of the molecule is CCOc1nc2ccccc2nc1C(=O)Nc1ccc(OCCCCN2CCc3cc(OC)c(OC)cc3C2)cc1. The third kappa shape index (κ3) is 6.86. The molecule has 1 aliphatic heterocycles. The number of nitrogens with zero attached hydrogens (tertiary/aromatic N) is 3. The molecule has 0 saturated carbocycles. The molecule has 0 saturated heterocycles. The van der Waals surface area contributed by atoms with Crippen LogP contribution in [-0.2, 0) is 13.0 Å². The van der Waals surface area contributed by atoms with Gasteiger partial charge in [-0.25, -0.2) is 9.97 Å². The van der Waals surface area contributed by atoms with Crippen molar-refractivity contribution in [2.45, 2.75) is 32.7 Å². The number of aromatic nitrogens is 2. The van der Waals surface area contributed by atoms with Crippen LogP contribution in [0.25, 0.3) is 11.0 Å². The number of hydrogen-bond donors (Lipinski definition) is 1. The van der Waals surface area contributed by atoms with Gasteiger partial charge < -0.3 is 24.3 Å². The number of ether oxygens (including phenoxy) is 4. The molecule has 5 rings (SSSR count). The summed E-state index contributed by atoms with van der Waals surface area (Å²) < 4.78 is 22.5. The van der Waals surface area contributed by atoms with Crippen molar-refractivity contribution >= 4 is 22.6 Å². The molecule has 0 unspecified atom stereocenters. The third-order valence-electron chi connectivity index (χ3n) is 7.08. The summed E-state index contributed by atoms with van der Waals surface area (Å²) >= 11 is 0. The molecule has 0 radical (unpaired) electrons. The maximum Gasteiger partial charge on any atom is 0.279 e. The predicted molar refractivity (Wildman–Crippen MR) is 158 cm³/mol.